The first-order chi connectivity index (χ1) is 19.6. The Hall–Kier alpha value is -3.34. The van der Waals surface area contributed by atoms with Crippen LogP contribution in [0.5, 0.6) is 0 Å². The van der Waals surface area contributed by atoms with Crippen molar-refractivity contribution in [2.75, 3.05) is 24.1 Å². The van der Waals surface area contributed by atoms with E-state index >= 15 is 0 Å². The second kappa shape index (κ2) is 11.9. The minimum absolute atomic E-state index is 0.113. The number of aromatic nitrogens is 3. The number of pyridine rings is 1. The molecule has 1 saturated carbocycles. The third-order valence-electron chi connectivity index (χ3n) is 7.74. The molecule has 0 radical (unpaired) electrons. The van der Waals surface area contributed by atoms with Crippen molar-refractivity contribution in [2.45, 2.75) is 62.9 Å². The molecule has 0 unspecified atom stereocenters. The van der Waals surface area contributed by atoms with E-state index in [1.807, 2.05) is 25.3 Å². The predicted molar refractivity (Wildman–Crippen MR) is 162 cm³/mol. The van der Waals surface area contributed by atoms with Gasteiger partial charge in [0.05, 0.1) is 10.5 Å². The van der Waals surface area contributed by atoms with Crippen molar-refractivity contribution in [3.63, 3.8) is 0 Å². The molecule has 216 valence electrons. The Labute approximate surface area is 245 Å². The van der Waals surface area contributed by atoms with Gasteiger partial charge in [-0.3, -0.25) is 4.72 Å². The van der Waals surface area contributed by atoms with E-state index in [1.165, 1.54) is 12.1 Å². The van der Waals surface area contributed by atoms with Crippen molar-refractivity contribution in [1.29, 1.82) is 0 Å². The molecule has 1 fully saturated rings. The minimum atomic E-state index is -4.13. The van der Waals surface area contributed by atoms with Gasteiger partial charge in [0, 0.05) is 34.9 Å². The van der Waals surface area contributed by atoms with Crippen LogP contribution in [0.1, 0.15) is 43.9 Å². The fourth-order valence-electron chi connectivity index (χ4n) is 5.44. The van der Waals surface area contributed by atoms with Crippen LogP contribution in [0.15, 0.2) is 53.6 Å². The van der Waals surface area contributed by atoms with Crippen molar-refractivity contribution in [3.05, 3.63) is 70.8 Å². The molecular weight excluding hydrogens is 563 g/mol. The number of rotatable bonds is 8. The number of nitrogens with zero attached hydrogens (tertiary/aromatic N) is 4. The maximum absolute atomic E-state index is 13.8. The molecule has 0 saturated heterocycles. The van der Waals surface area contributed by atoms with Gasteiger partial charge < -0.3 is 10.2 Å². The molecule has 0 amide bonds. The molecule has 11 heteroatoms. The Morgan fingerprint density at radius 1 is 1.07 bits per heavy atom. The number of halogens is 2. The first kappa shape index (κ1) is 29.2. The van der Waals surface area contributed by atoms with Crippen LogP contribution in [0.2, 0.25) is 5.02 Å². The Morgan fingerprint density at radius 2 is 1.83 bits per heavy atom. The molecule has 2 N–H and O–H groups in total. The highest BCUT2D eigenvalue weighted by Crippen LogP contribution is 2.32. The predicted octanol–water partition coefficient (Wildman–Crippen LogP) is 6.44. The van der Waals surface area contributed by atoms with Crippen LogP contribution >= 0.6 is 11.6 Å². The average molecular weight is 597 g/mol. The summed E-state index contributed by atoms with van der Waals surface area (Å²) in [6, 6.07) is 12.2. The molecule has 8 nitrogen and oxygen atoms in total. The van der Waals surface area contributed by atoms with E-state index in [0.717, 1.165) is 65.8 Å². The summed E-state index contributed by atoms with van der Waals surface area (Å²) in [5.74, 6) is -0.0426. The number of fused-ring (bicyclic) bond motifs is 1. The number of nitrogens with one attached hydrogen (secondary N) is 2. The van der Waals surface area contributed by atoms with E-state index in [9.17, 15) is 12.8 Å². The van der Waals surface area contributed by atoms with Crippen LogP contribution in [-0.4, -0.2) is 54.4 Å². The van der Waals surface area contributed by atoms with Gasteiger partial charge in [-0.2, -0.15) is 0 Å². The maximum atomic E-state index is 13.8. The molecule has 0 spiro atoms. The zero-order chi connectivity index (χ0) is 29.3. The number of anilines is 2. The normalized spacial score (nSPS) is 17.6. The number of hydrogen-bond donors (Lipinski definition) is 2. The average Bonchev–Trinajstić information content (AvgIpc) is 2.94. The van der Waals surface area contributed by atoms with E-state index in [0.29, 0.717) is 23.7 Å². The Balaban J connectivity index is 1.38. The number of sulfonamides is 1. The fraction of sp³-hybridized carbons (Fsp3) is 0.367. The second-order valence-corrected chi connectivity index (χ2v) is 12.7. The third kappa shape index (κ3) is 6.29. The highest BCUT2D eigenvalue weighted by molar-refractivity contribution is 7.92. The van der Waals surface area contributed by atoms with Crippen molar-refractivity contribution in [3.8, 4) is 11.1 Å². The van der Waals surface area contributed by atoms with Crippen molar-refractivity contribution in [1.82, 2.24) is 19.9 Å². The van der Waals surface area contributed by atoms with E-state index < -0.39 is 20.9 Å². The number of hydrogen-bond acceptors (Lipinski definition) is 7. The first-order valence-electron chi connectivity index (χ1n) is 13.7. The zero-order valence-electron chi connectivity index (χ0n) is 23.6. The summed E-state index contributed by atoms with van der Waals surface area (Å²) in [5.41, 5.74) is 4.42. The molecule has 5 rings (SSSR count). The topological polar surface area (TPSA) is 100 Å². The fourth-order valence-corrected chi connectivity index (χ4v) is 6.96. The molecule has 0 bridgehead atoms. The van der Waals surface area contributed by atoms with Gasteiger partial charge in [0.1, 0.15) is 16.5 Å². The molecule has 1 aliphatic rings. The lowest BCUT2D eigenvalue weighted by Gasteiger charge is -2.33. The van der Waals surface area contributed by atoms with E-state index in [-0.39, 0.29) is 10.7 Å². The second-order valence-electron chi connectivity index (χ2n) is 10.7. The van der Waals surface area contributed by atoms with E-state index in [1.54, 1.807) is 6.07 Å². The summed E-state index contributed by atoms with van der Waals surface area (Å²) >= 11 is 5.90. The third-order valence-corrected chi connectivity index (χ3v) is 9.64. The van der Waals surface area contributed by atoms with Crippen LogP contribution < -0.4 is 10.0 Å². The summed E-state index contributed by atoms with van der Waals surface area (Å²) in [4.78, 5) is 15.9. The molecule has 0 aliphatic heterocycles. The van der Waals surface area contributed by atoms with Gasteiger partial charge in [-0.05, 0) is 101 Å². The van der Waals surface area contributed by atoms with Crippen LogP contribution in [0.4, 0.5) is 16.2 Å². The van der Waals surface area contributed by atoms with E-state index in [2.05, 4.69) is 52.0 Å². The highest BCUT2D eigenvalue weighted by atomic mass is 35.5. The summed E-state index contributed by atoms with van der Waals surface area (Å²) in [5, 5.41) is 4.00. The Morgan fingerprint density at radius 3 is 2.51 bits per heavy atom. The van der Waals surface area contributed by atoms with Gasteiger partial charge in [0.2, 0.25) is 5.95 Å². The molecular formula is C30H34ClFN6O2S. The lowest BCUT2D eigenvalue weighted by molar-refractivity contribution is 0.221. The van der Waals surface area contributed by atoms with Gasteiger partial charge in [-0.15, -0.1) is 0 Å². The molecule has 0 atom stereocenters. The van der Waals surface area contributed by atoms with Crippen LogP contribution in [0.25, 0.3) is 22.0 Å². The number of benzene rings is 2. The SMILES string of the molecule is CCc1cc(-c2ccc(NS(=O)(=O)c3cccc(F)c3Cl)nc2C)cc2cnc(N[C@H]3CC[C@H](N(C)C)CC3)nc12. The van der Waals surface area contributed by atoms with Gasteiger partial charge >= 0.3 is 0 Å². The lowest BCUT2D eigenvalue weighted by atomic mass is 9.90. The zero-order valence-corrected chi connectivity index (χ0v) is 25.2. The Kier molecular flexibility index (Phi) is 8.45. The summed E-state index contributed by atoms with van der Waals surface area (Å²) in [6.07, 6.45) is 7.15. The summed E-state index contributed by atoms with van der Waals surface area (Å²) in [6.45, 7) is 3.91. The summed E-state index contributed by atoms with van der Waals surface area (Å²) < 4.78 is 41.9. The van der Waals surface area contributed by atoms with Crippen molar-refractivity contribution >= 4 is 44.3 Å². The van der Waals surface area contributed by atoms with Crippen molar-refractivity contribution < 1.29 is 12.8 Å². The van der Waals surface area contributed by atoms with Gasteiger partial charge in [0.25, 0.3) is 10.0 Å². The van der Waals surface area contributed by atoms with Gasteiger partial charge in [-0.1, -0.05) is 24.6 Å². The van der Waals surface area contributed by atoms with Crippen molar-refractivity contribution in [2.24, 2.45) is 0 Å². The van der Waals surface area contributed by atoms with Gasteiger partial charge in [0.15, 0.2) is 0 Å². The standard InChI is InChI=1S/C30H34ClFN6O2S/c1-5-19-15-20(16-21-17-33-30(36-29(19)21)35-22-9-11-23(12-10-22)38(3)4)24-13-14-27(34-18(24)2)37-41(39,40)26-8-6-7-25(32)28(26)31/h6-8,13-17,22-23H,5,9-12H2,1-4H3,(H,34,37)(H,33,35,36)/t22-,23-. The van der Waals surface area contributed by atoms with E-state index in [4.69, 9.17) is 16.6 Å². The molecule has 2 heterocycles. The van der Waals surface area contributed by atoms with Crippen LogP contribution in [0.3, 0.4) is 0 Å². The molecule has 4 aromatic rings. The monoisotopic (exact) mass is 596 g/mol. The largest absolute Gasteiger partial charge is 0.351 e. The molecule has 2 aromatic heterocycles. The maximum Gasteiger partial charge on any atom is 0.264 e. The lowest BCUT2D eigenvalue weighted by Crippen LogP contribution is -2.36. The Bertz CT molecular complexity index is 1690. The molecule has 1 aliphatic carbocycles. The van der Waals surface area contributed by atoms with Gasteiger partial charge in [-0.25, -0.2) is 27.8 Å². The van der Waals surface area contributed by atoms with Crippen LogP contribution in [0, 0.1) is 12.7 Å². The minimum Gasteiger partial charge on any atom is -0.351 e. The summed E-state index contributed by atoms with van der Waals surface area (Å²) in [7, 11) is 0.155. The number of aryl methyl sites for hydroxylation is 2. The first-order valence-corrected chi connectivity index (χ1v) is 15.6. The molecule has 2 aromatic carbocycles. The molecule has 41 heavy (non-hydrogen) atoms. The smallest absolute Gasteiger partial charge is 0.264 e. The highest BCUT2D eigenvalue weighted by Gasteiger charge is 2.24. The quantitative estimate of drug-likeness (QED) is 0.241. The van der Waals surface area contributed by atoms with Crippen LogP contribution in [-0.2, 0) is 16.4 Å².